The fraction of sp³-hybridized carbons (Fsp3) is 0.583. The number of phenolic OH excluding ortho intramolecular Hbond substituents is 1. The summed E-state index contributed by atoms with van der Waals surface area (Å²) in [4.78, 5) is 51.7. The van der Waals surface area contributed by atoms with E-state index in [9.17, 15) is 29.4 Å². The Bertz CT molecular complexity index is 869. The van der Waals surface area contributed by atoms with Crippen molar-refractivity contribution in [3.63, 3.8) is 0 Å². The molecule has 1 aromatic carbocycles. The van der Waals surface area contributed by atoms with Crippen molar-refractivity contribution in [2.75, 3.05) is 26.3 Å². The molecule has 11 nitrogen and oxygen atoms in total. The number of aliphatic hydroxyl groups is 1. The van der Waals surface area contributed by atoms with E-state index >= 15 is 0 Å². The molecular weight excluding hydrogens is 458 g/mol. The standard InChI is InChI=1S/C24H37N3O8/c1-6-13-27(22(32)18(15-28)26-23(33)35-24(3,4)5)20(16-9-8-10-17(29)14-16)21(31)25-12-11-19(30)34-7-2/h8-10,14,18,20,28-29H,6-7,11-13,15H2,1-5H3,(H,25,31)(H,26,33). The summed E-state index contributed by atoms with van der Waals surface area (Å²) in [6.45, 7) is 8.01. The molecule has 4 N–H and O–H groups in total. The Morgan fingerprint density at radius 2 is 1.83 bits per heavy atom. The fourth-order valence-corrected chi connectivity index (χ4v) is 3.23. The summed E-state index contributed by atoms with van der Waals surface area (Å²) in [5.41, 5.74) is -0.506. The Labute approximate surface area is 205 Å². The second-order valence-electron chi connectivity index (χ2n) is 8.76. The van der Waals surface area contributed by atoms with Crippen LogP contribution in [0.25, 0.3) is 0 Å². The van der Waals surface area contributed by atoms with E-state index < -0.39 is 48.2 Å². The summed E-state index contributed by atoms with van der Waals surface area (Å²) < 4.78 is 10.0. The number of hydrogen-bond donors (Lipinski definition) is 4. The topological polar surface area (TPSA) is 154 Å². The zero-order valence-electron chi connectivity index (χ0n) is 21.0. The molecule has 1 rings (SSSR count). The van der Waals surface area contributed by atoms with Crippen LogP contribution in [0.1, 0.15) is 59.1 Å². The number of esters is 1. The van der Waals surface area contributed by atoms with Crippen LogP contribution >= 0.6 is 0 Å². The van der Waals surface area contributed by atoms with E-state index in [1.54, 1.807) is 40.7 Å². The molecule has 0 heterocycles. The van der Waals surface area contributed by atoms with Crippen LogP contribution in [0.5, 0.6) is 5.75 Å². The van der Waals surface area contributed by atoms with Gasteiger partial charge in [-0.15, -0.1) is 0 Å². The molecule has 0 spiro atoms. The molecule has 35 heavy (non-hydrogen) atoms. The van der Waals surface area contributed by atoms with Crippen molar-refractivity contribution in [3.05, 3.63) is 29.8 Å². The molecule has 0 radical (unpaired) electrons. The molecule has 0 saturated carbocycles. The molecule has 0 aromatic heterocycles. The van der Waals surface area contributed by atoms with E-state index in [0.717, 1.165) is 0 Å². The van der Waals surface area contributed by atoms with E-state index in [2.05, 4.69) is 10.6 Å². The van der Waals surface area contributed by atoms with Crippen LogP contribution in [-0.2, 0) is 23.9 Å². The van der Waals surface area contributed by atoms with Crippen molar-refractivity contribution in [2.45, 2.75) is 65.1 Å². The molecular formula is C24H37N3O8. The number of phenols is 1. The lowest BCUT2D eigenvalue weighted by Gasteiger charge is -2.34. The number of carbonyl (C=O) groups excluding carboxylic acids is 4. The lowest BCUT2D eigenvalue weighted by molar-refractivity contribution is -0.144. The van der Waals surface area contributed by atoms with Gasteiger partial charge in [-0.2, -0.15) is 0 Å². The van der Waals surface area contributed by atoms with Gasteiger partial charge >= 0.3 is 12.1 Å². The van der Waals surface area contributed by atoms with E-state index in [0.29, 0.717) is 12.0 Å². The van der Waals surface area contributed by atoms with Gasteiger partial charge in [-0.05, 0) is 51.8 Å². The first kappa shape index (κ1) is 29.7. The van der Waals surface area contributed by atoms with Crippen molar-refractivity contribution >= 4 is 23.9 Å². The largest absolute Gasteiger partial charge is 0.508 e. The van der Waals surface area contributed by atoms with Gasteiger partial charge in [0.15, 0.2) is 0 Å². The van der Waals surface area contributed by atoms with Gasteiger partial charge in [-0.3, -0.25) is 14.4 Å². The molecule has 0 bridgehead atoms. The first-order chi connectivity index (χ1) is 16.4. The van der Waals surface area contributed by atoms with Crippen LogP contribution in [0, 0.1) is 0 Å². The maximum Gasteiger partial charge on any atom is 0.408 e. The SMILES string of the molecule is CCCN(C(=O)C(CO)NC(=O)OC(C)(C)C)C(C(=O)NCCC(=O)OCC)c1cccc(O)c1. The zero-order chi connectivity index (χ0) is 26.6. The van der Waals surface area contributed by atoms with E-state index in [1.807, 2.05) is 0 Å². The highest BCUT2D eigenvalue weighted by Gasteiger charge is 2.35. The maximum atomic E-state index is 13.4. The van der Waals surface area contributed by atoms with Gasteiger partial charge in [0.1, 0.15) is 23.4 Å². The van der Waals surface area contributed by atoms with E-state index in [-0.39, 0.29) is 31.9 Å². The molecule has 2 atom stereocenters. The first-order valence-corrected chi connectivity index (χ1v) is 11.6. The summed E-state index contributed by atoms with van der Waals surface area (Å²) in [5.74, 6) is -1.91. The fourth-order valence-electron chi connectivity index (χ4n) is 3.23. The highest BCUT2D eigenvalue weighted by atomic mass is 16.6. The molecule has 2 unspecified atom stereocenters. The summed E-state index contributed by atoms with van der Waals surface area (Å²) in [7, 11) is 0. The number of benzene rings is 1. The zero-order valence-corrected chi connectivity index (χ0v) is 21.0. The minimum atomic E-state index is -1.37. The smallest absolute Gasteiger partial charge is 0.408 e. The first-order valence-electron chi connectivity index (χ1n) is 11.6. The molecule has 3 amide bonds. The Kier molecular flexibility index (Phi) is 12.0. The highest BCUT2D eigenvalue weighted by Crippen LogP contribution is 2.25. The number of amides is 3. The summed E-state index contributed by atoms with van der Waals surface area (Å²) in [5, 5.41) is 24.8. The molecule has 0 aliphatic rings. The molecule has 196 valence electrons. The van der Waals surface area contributed by atoms with Crippen LogP contribution in [0.2, 0.25) is 0 Å². The molecule has 1 aromatic rings. The molecule has 0 aliphatic carbocycles. The van der Waals surface area contributed by atoms with Gasteiger partial charge in [0.2, 0.25) is 11.8 Å². The van der Waals surface area contributed by atoms with Gasteiger partial charge in [-0.25, -0.2) is 4.79 Å². The summed E-state index contributed by atoms with van der Waals surface area (Å²) in [6, 6.07) is 3.29. The number of ether oxygens (including phenoxy) is 2. The second-order valence-corrected chi connectivity index (χ2v) is 8.76. The van der Waals surface area contributed by atoms with Crippen LogP contribution in [0.4, 0.5) is 4.79 Å². The number of aliphatic hydroxyl groups excluding tert-OH is 1. The average molecular weight is 496 g/mol. The third-order valence-electron chi connectivity index (χ3n) is 4.60. The van der Waals surface area contributed by atoms with Crippen LogP contribution in [0.3, 0.4) is 0 Å². The van der Waals surface area contributed by atoms with Crippen molar-refractivity contribution in [1.82, 2.24) is 15.5 Å². The van der Waals surface area contributed by atoms with Crippen molar-refractivity contribution < 1.29 is 38.9 Å². The van der Waals surface area contributed by atoms with Crippen LogP contribution in [-0.4, -0.2) is 76.9 Å². The normalized spacial score (nSPS) is 12.7. The number of hydrogen-bond acceptors (Lipinski definition) is 8. The third-order valence-corrected chi connectivity index (χ3v) is 4.60. The highest BCUT2D eigenvalue weighted by molar-refractivity contribution is 5.92. The lowest BCUT2D eigenvalue weighted by Crippen LogP contribution is -2.54. The number of nitrogens with one attached hydrogen (secondary N) is 2. The van der Waals surface area contributed by atoms with Crippen LogP contribution in [0.15, 0.2) is 24.3 Å². The Balaban J connectivity index is 3.23. The van der Waals surface area contributed by atoms with Gasteiger partial charge in [0.25, 0.3) is 0 Å². The summed E-state index contributed by atoms with van der Waals surface area (Å²) in [6.07, 6.45) is -0.496. The molecule has 0 saturated heterocycles. The van der Waals surface area contributed by atoms with E-state index in [4.69, 9.17) is 9.47 Å². The Hall–Kier alpha value is -3.34. The van der Waals surface area contributed by atoms with Crippen molar-refractivity contribution in [3.8, 4) is 5.75 Å². The monoisotopic (exact) mass is 495 g/mol. The minimum absolute atomic E-state index is 0.0271. The molecule has 11 heteroatoms. The average Bonchev–Trinajstić information content (AvgIpc) is 2.75. The van der Waals surface area contributed by atoms with Crippen LogP contribution < -0.4 is 10.6 Å². The lowest BCUT2D eigenvalue weighted by atomic mass is 10.0. The quantitative estimate of drug-likeness (QED) is 0.319. The van der Waals surface area contributed by atoms with Crippen molar-refractivity contribution in [2.24, 2.45) is 0 Å². The Morgan fingerprint density at radius 1 is 1.14 bits per heavy atom. The van der Waals surface area contributed by atoms with Gasteiger partial charge < -0.3 is 35.2 Å². The van der Waals surface area contributed by atoms with Gasteiger partial charge in [-0.1, -0.05) is 19.1 Å². The number of rotatable bonds is 12. The third kappa shape index (κ3) is 10.2. The number of nitrogens with zero attached hydrogens (tertiary/aromatic N) is 1. The second kappa shape index (κ2) is 14.1. The molecule has 0 fully saturated rings. The van der Waals surface area contributed by atoms with Gasteiger partial charge in [0.05, 0.1) is 19.6 Å². The predicted molar refractivity (Wildman–Crippen MR) is 127 cm³/mol. The number of aromatic hydroxyl groups is 1. The Morgan fingerprint density at radius 3 is 2.37 bits per heavy atom. The summed E-state index contributed by atoms with van der Waals surface area (Å²) >= 11 is 0. The molecule has 0 aliphatic heterocycles. The predicted octanol–water partition coefficient (Wildman–Crippen LogP) is 1.63. The van der Waals surface area contributed by atoms with Crippen molar-refractivity contribution in [1.29, 1.82) is 0 Å². The minimum Gasteiger partial charge on any atom is -0.508 e. The number of alkyl carbamates (subject to hydrolysis) is 1. The van der Waals surface area contributed by atoms with E-state index in [1.165, 1.54) is 23.1 Å². The number of carbonyl (C=O) groups is 4. The maximum absolute atomic E-state index is 13.4. The van der Waals surface area contributed by atoms with Gasteiger partial charge in [0, 0.05) is 13.1 Å².